The van der Waals surface area contributed by atoms with Gasteiger partial charge in [-0.15, -0.1) is 0 Å². The number of hydrogen-bond donors (Lipinski definition) is 0. The SMILES string of the molecule is Cc1cc(C(=O)N2CCN(c3nc4c(cc3C#N)CCCC4)CC2)c(C)o1. The Balaban J connectivity index is 1.50. The van der Waals surface area contributed by atoms with Crippen LogP contribution in [0.1, 0.15) is 51.5 Å². The first-order chi connectivity index (χ1) is 13.1. The van der Waals surface area contributed by atoms with Gasteiger partial charge in [-0.3, -0.25) is 4.79 Å². The quantitative estimate of drug-likeness (QED) is 0.819. The number of pyridine rings is 1. The van der Waals surface area contributed by atoms with Crippen LogP contribution >= 0.6 is 0 Å². The Hall–Kier alpha value is -2.81. The highest BCUT2D eigenvalue weighted by Crippen LogP contribution is 2.27. The average molecular weight is 364 g/mol. The molecule has 6 heteroatoms. The fourth-order valence-electron chi connectivity index (χ4n) is 4.08. The van der Waals surface area contributed by atoms with Crippen LogP contribution < -0.4 is 4.90 Å². The first kappa shape index (κ1) is 17.6. The molecule has 0 spiro atoms. The number of fused-ring (bicyclic) bond motifs is 1. The third-order valence-corrected chi connectivity index (χ3v) is 5.54. The van der Waals surface area contributed by atoms with E-state index in [1.54, 1.807) is 0 Å². The van der Waals surface area contributed by atoms with Gasteiger partial charge in [0.1, 0.15) is 23.4 Å². The van der Waals surface area contributed by atoms with Gasteiger partial charge in [-0.05, 0) is 57.2 Å². The topological polar surface area (TPSA) is 73.4 Å². The van der Waals surface area contributed by atoms with E-state index in [0.717, 1.165) is 36.5 Å². The molecule has 2 aromatic heterocycles. The number of carbonyl (C=O) groups is 1. The van der Waals surface area contributed by atoms with Gasteiger partial charge in [-0.1, -0.05) is 0 Å². The molecule has 6 nitrogen and oxygen atoms in total. The Morgan fingerprint density at radius 2 is 1.89 bits per heavy atom. The van der Waals surface area contributed by atoms with Crippen LogP contribution in [0.2, 0.25) is 0 Å². The van der Waals surface area contributed by atoms with E-state index in [1.165, 1.54) is 12.0 Å². The van der Waals surface area contributed by atoms with Crippen molar-refractivity contribution in [2.45, 2.75) is 39.5 Å². The lowest BCUT2D eigenvalue weighted by Crippen LogP contribution is -2.49. The standard InChI is InChI=1S/C21H24N4O2/c1-14-11-18(15(2)27-14)21(26)25-9-7-24(8-10-25)20-17(13-22)12-16-5-3-4-6-19(16)23-20/h11-12H,3-10H2,1-2H3. The molecule has 0 bridgehead atoms. The van der Waals surface area contributed by atoms with Crippen molar-refractivity contribution < 1.29 is 9.21 Å². The monoisotopic (exact) mass is 364 g/mol. The van der Waals surface area contributed by atoms with Gasteiger partial charge in [0.25, 0.3) is 5.91 Å². The van der Waals surface area contributed by atoms with Gasteiger partial charge in [0.2, 0.25) is 0 Å². The maximum absolute atomic E-state index is 12.8. The van der Waals surface area contributed by atoms with E-state index >= 15 is 0 Å². The van der Waals surface area contributed by atoms with Crippen LogP contribution in [-0.4, -0.2) is 42.0 Å². The van der Waals surface area contributed by atoms with Crippen molar-refractivity contribution in [3.05, 3.63) is 46.0 Å². The van der Waals surface area contributed by atoms with Crippen LogP contribution in [-0.2, 0) is 12.8 Å². The van der Waals surface area contributed by atoms with Crippen molar-refractivity contribution in [1.29, 1.82) is 5.26 Å². The van der Waals surface area contributed by atoms with Gasteiger partial charge >= 0.3 is 0 Å². The van der Waals surface area contributed by atoms with Crippen molar-refractivity contribution in [2.24, 2.45) is 0 Å². The number of piperazine rings is 1. The van der Waals surface area contributed by atoms with Crippen molar-refractivity contribution in [3.63, 3.8) is 0 Å². The van der Waals surface area contributed by atoms with Crippen molar-refractivity contribution in [1.82, 2.24) is 9.88 Å². The van der Waals surface area contributed by atoms with Crippen molar-refractivity contribution in [3.8, 4) is 6.07 Å². The second kappa shape index (κ2) is 7.07. The smallest absolute Gasteiger partial charge is 0.257 e. The molecular formula is C21H24N4O2. The number of amides is 1. The molecule has 1 aliphatic carbocycles. The summed E-state index contributed by atoms with van der Waals surface area (Å²) in [5, 5.41) is 9.58. The number of aryl methyl sites for hydroxylation is 4. The minimum absolute atomic E-state index is 0.0166. The Bertz CT molecular complexity index is 917. The normalized spacial score (nSPS) is 16.8. The Morgan fingerprint density at radius 3 is 2.56 bits per heavy atom. The van der Waals surface area contributed by atoms with Crippen molar-refractivity contribution >= 4 is 11.7 Å². The molecule has 0 atom stereocenters. The van der Waals surface area contributed by atoms with Crippen LogP contribution in [0.15, 0.2) is 16.5 Å². The molecule has 0 radical (unpaired) electrons. The van der Waals surface area contributed by atoms with Crippen LogP contribution in [0, 0.1) is 25.2 Å². The predicted octanol–water partition coefficient (Wildman–Crippen LogP) is 3.00. The molecule has 3 heterocycles. The number of nitriles is 1. The number of aromatic nitrogens is 1. The van der Waals surface area contributed by atoms with E-state index in [0.29, 0.717) is 43.1 Å². The number of rotatable bonds is 2. The Kier molecular flexibility index (Phi) is 4.61. The van der Waals surface area contributed by atoms with E-state index in [1.807, 2.05) is 30.9 Å². The number of carbonyl (C=O) groups excluding carboxylic acids is 1. The zero-order valence-corrected chi connectivity index (χ0v) is 15.9. The zero-order valence-electron chi connectivity index (χ0n) is 15.9. The van der Waals surface area contributed by atoms with Gasteiger partial charge in [-0.2, -0.15) is 5.26 Å². The van der Waals surface area contributed by atoms with Gasteiger partial charge in [-0.25, -0.2) is 4.98 Å². The molecule has 0 saturated carbocycles. The molecular weight excluding hydrogens is 340 g/mol. The van der Waals surface area contributed by atoms with E-state index in [4.69, 9.17) is 9.40 Å². The maximum atomic E-state index is 12.8. The number of nitrogens with zero attached hydrogens (tertiary/aromatic N) is 4. The summed E-state index contributed by atoms with van der Waals surface area (Å²) in [5.74, 6) is 2.22. The summed E-state index contributed by atoms with van der Waals surface area (Å²) in [4.78, 5) is 21.6. The molecule has 27 heavy (non-hydrogen) atoms. The molecule has 0 aromatic carbocycles. The zero-order chi connectivity index (χ0) is 19.0. The second-order valence-corrected chi connectivity index (χ2v) is 7.39. The lowest BCUT2D eigenvalue weighted by Gasteiger charge is -2.36. The minimum Gasteiger partial charge on any atom is -0.466 e. The summed E-state index contributed by atoms with van der Waals surface area (Å²) in [6.07, 6.45) is 4.35. The summed E-state index contributed by atoms with van der Waals surface area (Å²) in [7, 11) is 0. The first-order valence-corrected chi connectivity index (χ1v) is 9.61. The number of anilines is 1. The molecule has 1 saturated heterocycles. The first-order valence-electron chi connectivity index (χ1n) is 9.61. The van der Waals surface area contributed by atoms with Gasteiger partial charge in [0, 0.05) is 31.9 Å². The highest BCUT2D eigenvalue weighted by molar-refractivity contribution is 5.95. The third-order valence-electron chi connectivity index (χ3n) is 5.54. The summed E-state index contributed by atoms with van der Waals surface area (Å²) >= 11 is 0. The molecule has 2 aliphatic rings. The van der Waals surface area contributed by atoms with Gasteiger partial charge < -0.3 is 14.2 Å². The summed E-state index contributed by atoms with van der Waals surface area (Å²) in [6.45, 7) is 6.28. The molecule has 1 amide bonds. The van der Waals surface area contributed by atoms with Crippen LogP contribution in [0.5, 0.6) is 0 Å². The summed E-state index contributed by atoms with van der Waals surface area (Å²) < 4.78 is 5.50. The van der Waals surface area contributed by atoms with E-state index in [-0.39, 0.29) is 5.91 Å². The fourth-order valence-corrected chi connectivity index (χ4v) is 4.08. The van der Waals surface area contributed by atoms with E-state index < -0.39 is 0 Å². The fraction of sp³-hybridized carbons (Fsp3) is 0.476. The third kappa shape index (κ3) is 3.30. The highest BCUT2D eigenvalue weighted by Gasteiger charge is 2.27. The molecule has 4 rings (SSSR count). The molecule has 0 unspecified atom stereocenters. The maximum Gasteiger partial charge on any atom is 0.257 e. The average Bonchev–Trinajstić information content (AvgIpc) is 3.04. The second-order valence-electron chi connectivity index (χ2n) is 7.39. The highest BCUT2D eigenvalue weighted by atomic mass is 16.3. The Labute approximate surface area is 159 Å². The molecule has 140 valence electrons. The van der Waals surface area contributed by atoms with E-state index in [2.05, 4.69) is 11.0 Å². The predicted molar refractivity (Wildman–Crippen MR) is 102 cm³/mol. The number of furan rings is 1. The Morgan fingerprint density at radius 1 is 1.15 bits per heavy atom. The lowest BCUT2D eigenvalue weighted by molar-refractivity contribution is 0.0744. The molecule has 0 N–H and O–H groups in total. The largest absolute Gasteiger partial charge is 0.466 e. The minimum atomic E-state index is 0.0166. The van der Waals surface area contributed by atoms with E-state index in [9.17, 15) is 10.1 Å². The van der Waals surface area contributed by atoms with Crippen LogP contribution in [0.25, 0.3) is 0 Å². The molecule has 1 aliphatic heterocycles. The van der Waals surface area contributed by atoms with Crippen LogP contribution in [0.4, 0.5) is 5.82 Å². The molecule has 1 fully saturated rings. The van der Waals surface area contributed by atoms with Gasteiger partial charge in [0.05, 0.1) is 11.1 Å². The summed E-state index contributed by atoms with van der Waals surface area (Å²) in [5.41, 5.74) is 3.65. The van der Waals surface area contributed by atoms with Crippen molar-refractivity contribution in [2.75, 3.05) is 31.1 Å². The molecule has 2 aromatic rings. The van der Waals surface area contributed by atoms with Crippen LogP contribution in [0.3, 0.4) is 0 Å². The van der Waals surface area contributed by atoms with Gasteiger partial charge in [0.15, 0.2) is 0 Å². The summed E-state index contributed by atoms with van der Waals surface area (Å²) in [6, 6.07) is 6.14. The number of hydrogen-bond acceptors (Lipinski definition) is 5. The lowest BCUT2D eigenvalue weighted by atomic mass is 9.95.